The van der Waals surface area contributed by atoms with E-state index in [4.69, 9.17) is 10.00 Å². The Labute approximate surface area is 192 Å². The fraction of sp³-hybridized carbons (Fsp3) is 0.222. The molecule has 6 heteroatoms. The second kappa shape index (κ2) is 10.0. The smallest absolute Gasteiger partial charge is 0.304 e. The van der Waals surface area contributed by atoms with E-state index in [1.54, 1.807) is 17.0 Å². The topological polar surface area (TPSA) is 90.6 Å². The number of carbonyl (C=O) groups is 2. The Kier molecular flexibility index (Phi) is 6.70. The minimum absolute atomic E-state index is 0.133. The molecule has 1 heterocycles. The molecule has 1 amide bonds. The highest BCUT2D eigenvalue weighted by molar-refractivity contribution is 5.85. The summed E-state index contributed by atoms with van der Waals surface area (Å²) in [5.41, 5.74) is 3.63. The standard InChI is InChI=1S/C27H24N2O4/c28-16-19-6-8-21(9-7-19)22-10-12-25(13-11-22)33-18-24-14-23(15-26(30)31)27(32)29(24)17-20-4-2-1-3-5-20/h1-13,23-24H,14-15,17-18H2,(H,30,31)/t23-,24-/m0/s1. The van der Waals surface area contributed by atoms with E-state index in [9.17, 15) is 14.7 Å². The average molecular weight is 440 g/mol. The lowest BCUT2D eigenvalue weighted by molar-refractivity contribution is -0.142. The molecule has 0 unspecified atom stereocenters. The lowest BCUT2D eigenvalue weighted by Crippen LogP contribution is -2.37. The van der Waals surface area contributed by atoms with Crippen LogP contribution in [0.4, 0.5) is 0 Å². The van der Waals surface area contributed by atoms with E-state index < -0.39 is 11.9 Å². The minimum atomic E-state index is -0.965. The second-order valence-electron chi connectivity index (χ2n) is 8.16. The van der Waals surface area contributed by atoms with E-state index in [1.165, 1.54) is 0 Å². The summed E-state index contributed by atoms with van der Waals surface area (Å²) in [4.78, 5) is 25.9. The van der Waals surface area contributed by atoms with Crippen LogP contribution >= 0.6 is 0 Å². The van der Waals surface area contributed by atoms with Crippen LogP contribution in [-0.4, -0.2) is 34.5 Å². The first kappa shape index (κ1) is 22.1. The van der Waals surface area contributed by atoms with Gasteiger partial charge in [-0.15, -0.1) is 0 Å². The molecule has 0 saturated carbocycles. The Morgan fingerprint density at radius 1 is 1.00 bits per heavy atom. The zero-order valence-corrected chi connectivity index (χ0v) is 18.1. The van der Waals surface area contributed by atoms with Crippen LogP contribution in [0.5, 0.6) is 5.75 Å². The van der Waals surface area contributed by atoms with Crippen LogP contribution in [0.25, 0.3) is 11.1 Å². The lowest BCUT2D eigenvalue weighted by Gasteiger charge is -2.25. The molecule has 1 aliphatic heterocycles. The SMILES string of the molecule is N#Cc1ccc(-c2ccc(OC[C@@H]3C[C@@H](CC(=O)O)C(=O)N3Cc3ccccc3)cc2)cc1. The van der Waals surface area contributed by atoms with Crippen molar-refractivity contribution in [2.24, 2.45) is 5.92 Å². The van der Waals surface area contributed by atoms with Crippen LogP contribution in [0.2, 0.25) is 0 Å². The summed E-state index contributed by atoms with van der Waals surface area (Å²) in [5.74, 6) is -0.946. The van der Waals surface area contributed by atoms with Crippen LogP contribution in [0.3, 0.4) is 0 Å². The van der Waals surface area contributed by atoms with Gasteiger partial charge in [0.05, 0.1) is 30.0 Å². The van der Waals surface area contributed by atoms with Crippen LogP contribution in [0, 0.1) is 17.2 Å². The van der Waals surface area contributed by atoms with Crippen molar-refractivity contribution in [1.29, 1.82) is 5.26 Å². The summed E-state index contributed by atoms with van der Waals surface area (Å²) in [6, 6.07) is 26.6. The number of aliphatic carboxylic acids is 1. The quantitative estimate of drug-likeness (QED) is 0.557. The molecule has 4 rings (SSSR count). The molecule has 3 aromatic rings. The van der Waals surface area contributed by atoms with Gasteiger partial charge in [-0.05, 0) is 47.4 Å². The third kappa shape index (κ3) is 5.39. The monoisotopic (exact) mass is 440 g/mol. The Morgan fingerprint density at radius 2 is 1.64 bits per heavy atom. The van der Waals surface area contributed by atoms with E-state index in [-0.39, 0.29) is 18.4 Å². The number of hydrogen-bond donors (Lipinski definition) is 1. The molecule has 2 atom stereocenters. The molecule has 33 heavy (non-hydrogen) atoms. The van der Waals surface area contributed by atoms with Crippen LogP contribution in [0.1, 0.15) is 24.0 Å². The van der Waals surface area contributed by atoms with Crippen molar-refractivity contribution in [3.05, 3.63) is 90.0 Å². The third-order valence-corrected chi connectivity index (χ3v) is 5.89. The van der Waals surface area contributed by atoms with Crippen molar-refractivity contribution >= 4 is 11.9 Å². The summed E-state index contributed by atoms with van der Waals surface area (Å²) in [7, 11) is 0. The molecule has 1 aliphatic rings. The van der Waals surface area contributed by atoms with Gasteiger partial charge in [0.1, 0.15) is 12.4 Å². The number of ether oxygens (including phenoxy) is 1. The number of likely N-dealkylation sites (tertiary alicyclic amines) is 1. The molecular weight excluding hydrogens is 416 g/mol. The molecule has 0 aliphatic carbocycles. The normalized spacial score (nSPS) is 17.5. The van der Waals surface area contributed by atoms with Crippen LogP contribution in [-0.2, 0) is 16.1 Å². The van der Waals surface area contributed by atoms with Gasteiger partial charge in [0.2, 0.25) is 5.91 Å². The molecule has 0 bridgehead atoms. The number of nitrogens with zero attached hydrogens (tertiary/aromatic N) is 2. The Bertz CT molecular complexity index is 1150. The number of nitriles is 1. The van der Waals surface area contributed by atoms with Gasteiger partial charge in [-0.3, -0.25) is 9.59 Å². The van der Waals surface area contributed by atoms with Crippen molar-refractivity contribution in [2.45, 2.75) is 25.4 Å². The molecule has 3 aromatic carbocycles. The number of carboxylic acid groups (broad SMARTS) is 1. The van der Waals surface area contributed by atoms with Crippen molar-refractivity contribution in [2.75, 3.05) is 6.61 Å². The Morgan fingerprint density at radius 3 is 2.24 bits per heavy atom. The van der Waals surface area contributed by atoms with Gasteiger partial charge >= 0.3 is 5.97 Å². The molecule has 1 N–H and O–H groups in total. The molecule has 1 saturated heterocycles. The number of rotatable bonds is 8. The van der Waals surface area contributed by atoms with Gasteiger partial charge in [0.15, 0.2) is 0 Å². The van der Waals surface area contributed by atoms with Gasteiger partial charge in [0.25, 0.3) is 0 Å². The predicted octanol–water partition coefficient (Wildman–Crippen LogP) is 4.50. The van der Waals surface area contributed by atoms with Crippen molar-refractivity contribution in [3.8, 4) is 22.9 Å². The molecule has 0 spiro atoms. The summed E-state index contributed by atoms with van der Waals surface area (Å²) >= 11 is 0. The number of carboxylic acids is 1. The van der Waals surface area contributed by atoms with E-state index >= 15 is 0 Å². The fourth-order valence-corrected chi connectivity index (χ4v) is 4.17. The zero-order chi connectivity index (χ0) is 23.2. The number of carbonyl (C=O) groups excluding carboxylic acids is 1. The molecule has 6 nitrogen and oxygen atoms in total. The average Bonchev–Trinajstić information content (AvgIpc) is 3.12. The van der Waals surface area contributed by atoms with E-state index in [2.05, 4.69) is 6.07 Å². The first-order valence-corrected chi connectivity index (χ1v) is 10.8. The Balaban J connectivity index is 1.43. The first-order valence-electron chi connectivity index (χ1n) is 10.8. The zero-order valence-electron chi connectivity index (χ0n) is 18.1. The van der Waals surface area contributed by atoms with Crippen molar-refractivity contribution in [3.63, 3.8) is 0 Å². The fourth-order valence-electron chi connectivity index (χ4n) is 4.17. The van der Waals surface area contributed by atoms with E-state index in [1.807, 2.05) is 66.7 Å². The maximum atomic E-state index is 12.9. The van der Waals surface area contributed by atoms with Crippen LogP contribution < -0.4 is 4.74 Å². The van der Waals surface area contributed by atoms with E-state index in [0.29, 0.717) is 30.9 Å². The van der Waals surface area contributed by atoms with Gasteiger partial charge in [-0.1, -0.05) is 54.6 Å². The highest BCUT2D eigenvalue weighted by atomic mass is 16.5. The van der Waals surface area contributed by atoms with Gasteiger partial charge < -0.3 is 14.7 Å². The number of hydrogen-bond acceptors (Lipinski definition) is 4. The summed E-state index contributed by atoms with van der Waals surface area (Å²) in [5, 5.41) is 18.1. The maximum absolute atomic E-state index is 12.9. The van der Waals surface area contributed by atoms with Crippen molar-refractivity contribution in [1.82, 2.24) is 4.90 Å². The van der Waals surface area contributed by atoms with Crippen LogP contribution in [0.15, 0.2) is 78.9 Å². The molecule has 1 fully saturated rings. The summed E-state index contributed by atoms with van der Waals surface area (Å²) in [6.45, 7) is 0.729. The molecule has 0 aromatic heterocycles. The highest BCUT2D eigenvalue weighted by Gasteiger charge is 2.40. The molecular formula is C27H24N2O4. The third-order valence-electron chi connectivity index (χ3n) is 5.89. The van der Waals surface area contributed by atoms with Gasteiger partial charge in [-0.25, -0.2) is 0 Å². The lowest BCUT2D eigenvalue weighted by atomic mass is 10.0. The maximum Gasteiger partial charge on any atom is 0.304 e. The van der Waals surface area contributed by atoms with Gasteiger partial charge in [-0.2, -0.15) is 5.26 Å². The Hall–Kier alpha value is -4.11. The predicted molar refractivity (Wildman–Crippen MR) is 123 cm³/mol. The minimum Gasteiger partial charge on any atom is -0.491 e. The summed E-state index contributed by atoms with van der Waals surface area (Å²) in [6.07, 6.45) is 0.293. The molecule has 166 valence electrons. The van der Waals surface area contributed by atoms with Crippen molar-refractivity contribution < 1.29 is 19.4 Å². The first-order chi connectivity index (χ1) is 16.0. The largest absolute Gasteiger partial charge is 0.491 e. The summed E-state index contributed by atoms with van der Waals surface area (Å²) < 4.78 is 6.00. The molecule has 0 radical (unpaired) electrons. The van der Waals surface area contributed by atoms with E-state index in [0.717, 1.165) is 16.7 Å². The number of amides is 1. The number of benzene rings is 3. The second-order valence-corrected chi connectivity index (χ2v) is 8.16. The van der Waals surface area contributed by atoms with Gasteiger partial charge in [0, 0.05) is 6.54 Å². The highest BCUT2D eigenvalue weighted by Crippen LogP contribution is 2.30.